The maximum absolute atomic E-state index is 5.99. The Labute approximate surface area is 109 Å². The molecule has 0 fully saturated rings. The number of nitrogens with zero attached hydrogens (tertiary/aromatic N) is 2. The summed E-state index contributed by atoms with van der Waals surface area (Å²) in [7, 11) is 2.13. The predicted molar refractivity (Wildman–Crippen MR) is 78.9 cm³/mol. The lowest BCUT2D eigenvalue weighted by Gasteiger charge is -2.22. The smallest absolute Gasteiger partial charge is 0.0445 e. The molecule has 0 unspecified atom stereocenters. The van der Waals surface area contributed by atoms with Crippen LogP contribution in [0, 0.1) is 5.92 Å². The third-order valence-corrected chi connectivity index (χ3v) is 3.28. The molecule has 3 heteroatoms. The van der Waals surface area contributed by atoms with Crippen LogP contribution in [0.3, 0.4) is 0 Å². The van der Waals surface area contributed by atoms with Crippen LogP contribution >= 0.6 is 0 Å². The molecule has 1 aromatic heterocycles. The van der Waals surface area contributed by atoms with E-state index in [-0.39, 0.29) is 0 Å². The molecule has 0 saturated heterocycles. The Morgan fingerprint density at radius 1 is 1.22 bits per heavy atom. The summed E-state index contributed by atoms with van der Waals surface area (Å²) in [6, 6.07) is 6.09. The Morgan fingerprint density at radius 3 is 2.72 bits per heavy atom. The molecule has 0 amide bonds. The van der Waals surface area contributed by atoms with Gasteiger partial charge in [-0.05, 0) is 30.5 Å². The minimum Gasteiger partial charge on any atom is -0.398 e. The molecule has 2 aromatic rings. The minimum atomic E-state index is 0.717. The molecule has 0 aliphatic carbocycles. The molecule has 0 radical (unpaired) electrons. The van der Waals surface area contributed by atoms with Crippen molar-refractivity contribution in [1.29, 1.82) is 0 Å². The standard InChI is InChI=1S/C15H21N3/c1-11(2)7-9-18(3)15-5-4-14(16)13-10-17-8-6-12(13)15/h4-6,8,10-11H,7,9,16H2,1-3H3. The fourth-order valence-corrected chi connectivity index (χ4v) is 2.10. The normalized spacial score (nSPS) is 11.1. The van der Waals surface area contributed by atoms with Gasteiger partial charge in [-0.1, -0.05) is 13.8 Å². The van der Waals surface area contributed by atoms with Crippen molar-refractivity contribution in [3.63, 3.8) is 0 Å². The van der Waals surface area contributed by atoms with Gasteiger partial charge in [-0.3, -0.25) is 4.98 Å². The highest BCUT2D eigenvalue weighted by molar-refractivity contribution is 6.00. The van der Waals surface area contributed by atoms with Crippen LogP contribution in [0.4, 0.5) is 11.4 Å². The summed E-state index contributed by atoms with van der Waals surface area (Å²) in [5.74, 6) is 0.717. The van der Waals surface area contributed by atoms with Crippen LogP contribution in [0.5, 0.6) is 0 Å². The lowest BCUT2D eigenvalue weighted by molar-refractivity contribution is 0.585. The quantitative estimate of drug-likeness (QED) is 0.838. The first kappa shape index (κ1) is 12.7. The summed E-state index contributed by atoms with van der Waals surface area (Å²) >= 11 is 0. The molecule has 3 nitrogen and oxygen atoms in total. The third kappa shape index (κ3) is 2.55. The highest BCUT2D eigenvalue weighted by Gasteiger charge is 2.08. The number of nitrogens with two attached hydrogens (primary N) is 1. The summed E-state index contributed by atoms with van der Waals surface area (Å²) < 4.78 is 0. The van der Waals surface area contributed by atoms with Crippen molar-refractivity contribution in [1.82, 2.24) is 4.98 Å². The van der Waals surface area contributed by atoms with E-state index in [1.807, 2.05) is 24.5 Å². The highest BCUT2D eigenvalue weighted by Crippen LogP contribution is 2.29. The van der Waals surface area contributed by atoms with Crippen LogP contribution in [0.2, 0.25) is 0 Å². The second kappa shape index (κ2) is 5.25. The van der Waals surface area contributed by atoms with Crippen molar-refractivity contribution in [2.75, 3.05) is 24.2 Å². The van der Waals surface area contributed by atoms with E-state index in [9.17, 15) is 0 Å². The fourth-order valence-electron chi connectivity index (χ4n) is 2.10. The van der Waals surface area contributed by atoms with Gasteiger partial charge in [0.05, 0.1) is 0 Å². The molecule has 18 heavy (non-hydrogen) atoms. The molecular weight excluding hydrogens is 222 g/mol. The van der Waals surface area contributed by atoms with E-state index in [0.717, 1.165) is 17.6 Å². The van der Waals surface area contributed by atoms with Crippen molar-refractivity contribution < 1.29 is 0 Å². The van der Waals surface area contributed by atoms with E-state index >= 15 is 0 Å². The molecule has 0 atom stereocenters. The Bertz CT molecular complexity index is 534. The zero-order chi connectivity index (χ0) is 13.1. The van der Waals surface area contributed by atoms with Gasteiger partial charge in [-0.2, -0.15) is 0 Å². The van der Waals surface area contributed by atoms with Crippen LogP contribution in [0.25, 0.3) is 10.8 Å². The molecule has 0 spiro atoms. The number of pyridine rings is 1. The summed E-state index contributed by atoms with van der Waals surface area (Å²) in [6.45, 7) is 5.55. The summed E-state index contributed by atoms with van der Waals surface area (Å²) in [4.78, 5) is 6.44. The SMILES string of the molecule is CC(C)CCN(C)c1ccc(N)c2cnccc12. The average molecular weight is 243 g/mol. The molecule has 2 N–H and O–H groups in total. The van der Waals surface area contributed by atoms with Crippen molar-refractivity contribution in [2.45, 2.75) is 20.3 Å². The van der Waals surface area contributed by atoms with Crippen LogP contribution in [0.15, 0.2) is 30.6 Å². The zero-order valence-electron chi connectivity index (χ0n) is 11.4. The number of anilines is 2. The van der Waals surface area contributed by atoms with Gasteiger partial charge in [0.15, 0.2) is 0 Å². The summed E-state index contributed by atoms with van der Waals surface area (Å²) in [6.07, 6.45) is 4.85. The number of fused-ring (bicyclic) bond motifs is 1. The maximum atomic E-state index is 5.99. The zero-order valence-corrected chi connectivity index (χ0v) is 11.4. The Balaban J connectivity index is 2.36. The van der Waals surface area contributed by atoms with Gasteiger partial charge >= 0.3 is 0 Å². The minimum absolute atomic E-state index is 0.717. The first-order valence-corrected chi connectivity index (χ1v) is 6.43. The Morgan fingerprint density at radius 2 is 2.00 bits per heavy atom. The van der Waals surface area contributed by atoms with Crippen molar-refractivity contribution >= 4 is 22.1 Å². The first-order valence-electron chi connectivity index (χ1n) is 6.43. The molecular formula is C15H21N3. The predicted octanol–water partition coefficient (Wildman–Crippen LogP) is 3.30. The number of nitrogen functional groups attached to an aromatic ring is 1. The van der Waals surface area contributed by atoms with E-state index in [1.165, 1.54) is 17.5 Å². The van der Waals surface area contributed by atoms with Crippen LogP contribution in [-0.2, 0) is 0 Å². The van der Waals surface area contributed by atoms with Crippen LogP contribution in [0.1, 0.15) is 20.3 Å². The van der Waals surface area contributed by atoms with E-state index in [1.54, 1.807) is 0 Å². The van der Waals surface area contributed by atoms with Crippen molar-refractivity contribution in [3.8, 4) is 0 Å². The third-order valence-electron chi connectivity index (χ3n) is 3.28. The molecule has 0 saturated carbocycles. The number of aromatic nitrogens is 1. The van der Waals surface area contributed by atoms with E-state index < -0.39 is 0 Å². The number of benzene rings is 1. The summed E-state index contributed by atoms with van der Waals surface area (Å²) in [5.41, 5.74) is 8.00. The van der Waals surface area contributed by atoms with Gasteiger partial charge in [0.25, 0.3) is 0 Å². The van der Waals surface area contributed by atoms with Gasteiger partial charge in [-0.15, -0.1) is 0 Å². The largest absolute Gasteiger partial charge is 0.398 e. The van der Waals surface area contributed by atoms with Crippen molar-refractivity contribution in [3.05, 3.63) is 30.6 Å². The molecule has 0 aliphatic heterocycles. The molecule has 0 aliphatic rings. The first-order chi connectivity index (χ1) is 8.59. The lowest BCUT2D eigenvalue weighted by atomic mass is 10.1. The second-order valence-corrected chi connectivity index (χ2v) is 5.20. The van der Waals surface area contributed by atoms with Gasteiger partial charge in [0, 0.05) is 48.1 Å². The van der Waals surface area contributed by atoms with Gasteiger partial charge < -0.3 is 10.6 Å². The highest BCUT2D eigenvalue weighted by atomic mass is 15.1. The van der Waals surface area contributed by atoms with Crippen LogP contribution in [-0.4, -0.2) is 18.6 Å². The van der Waals surface area contributed by atoms with Gasteiger partial charge in [-0.25, -0.2) is 0 Å². The molecule has 96 valence electrons. The number of hydrogen-bond acceptors (Lipinski definition) is 3. The lowest BCUT2D eigenvalue weighted by Crippen LogP contribution is -2.20. The number of hydrogen-bond donors (Lipinski definition) is 1. The molecule has 1 aromatic carbocycles. The van der Waals surface area contributed by atoms with Crippen LogP contribution < -0.4 is 10.6 Å². The number of rotatable bonds is 4. The maximum Gasteiger partial charge on any atom is 0.0445 e. The molecule has 0 bridgehead atoms. The Hall–Kier alpha value is -1.77. The monoisotopic (exact) mass is 243 g/mol. The van der Waals surface area contributed by atoms with Gasteiger partial charge in [0.1, 0.15) is 0 Å². The van der Waals surface area contributed by atoms with E-state index in [4.69, 9.17) is 5.73 Å². The molecule has 2 rings (SSSR count). The second-order valence-electron chi connectivity index (χ2n) is 5.20. The Kier molecular flexibility index (Phi) is 3.70. The van der Waals surface area contributed by atoms with E-state index in [2.05, 4.69) is 36.8 Å². The average Bonchev–Trinajstić information content (AvgIpc) is 2.37. The fraction of sp³-hybridized carbons (Fsp3) is 0.400. The molecule has 1 heterocycles. The van der Waals surface area contributed by atoms with Gasteiger partial charge in [0.2, 0.25) is 0 Å². The van der Waals surface area contributed by atoms with Crippen molar-refractivity contribution in [2.24, 2.45) is 5.92 Å². The van der Waals surface area contributed by atoms with E-state index in [0.29, 0.717) is 5.92 Å². The topological polar surface area (TPSA) is 42.1 Å². The summed E-state index contributed by atoms with van der Waals surface area (Å²) in [5, 5.41) is 2.21.